The molecule has 14 rings (SSSR count). The molecular weight excluding hydrogens is 1000 g/mol. The third kappa shape index (κ3) is 8.99. The maximum Gasteiger partial charge on any atom is 0.178 e. The molecule has 1 N–H and O–H groups in total. The molecule has 9 nitrogen and oxygen atoms in total. The monoisotopic (exact) mass is 1070 g/mol. The van der Waals surface area contributed by atoms with Crippen LogP contribution in [0.5, 0.6) is 23.0 Å². The van der Waals surface area contributed by atoms with Crippen molar-refractivity contribution in [3.63, 3.8) is 0 Å². The van der Waals surface area contributed by atoms with E-state index in [2.05, 4.69) is 200 Å². The van der Waals surface area contributed by atoms with Gasteiger partial charge in [0.25, 0.3) is 0 Å². The molecule has 2 atom stereocenters. The minimum Gasteiger partial charge on any atom is -0.497 e. The van der Waals surface area contributed by atoms with Crippen LogP contribution >= 0.6 is 0 Å². The summed E-state index contributed by atoms with van der Waals surface area (Å²) >= 11 is 0. The third-order valence-corrected chi connectivity index (χ3v) is 17.2. The summed E-state index contributed by atoms with van der Waals surface area (Å²) in [5.41, 5.74) is 12.3. The average molecular weight is 1070 g/mol. The van der Waals surface area contributed by atoms with E-state index in [4.69, 9.17) is 28.4 Å². The van der Waals surface area contributed by atoms with Gasteiger partial charge in [-0.2, -0.15) is 0 Å². The Morgan fingerprint density at radius 3 is 1.69 bits per heavy atom. The molecule has 1 aliphatic carbocycles. The third-order valence-electron chi connectivity index (χ3n) is 17.2. The van der Waals surface area contributed by atoms with Crippen LogP contribution in [0.4, 0.5) is 11.4 Å². The van der Waals surface area contributed by atoms with Crippen LogP contribution in [0.2, 0.25) is 0 Å². The molecule has 9 heteroatoms. The van der Waals surface area contributed by atoms with Gasteiger partial charge in [0.2, 0.25) is 0 Å². The first-order valence-corrected chi connectivity index (χ1v) is 28.5. The number of methoxy groups -OCH3 is 2. The lowest BCUT2D eigenvalue weighted by Gasteiger charge is -2.38. The number of benzene rings is 9. The average Bonchev–Trinajstić information content (AvgIpc) is 4.02. The van der Waals surface area contributed by atoms with Gasteiger partial charge in [-0.3, -0.25) is 0 Å². The topological polar surface area (TPSA) is 82.1 Å². The fraction of sp³-hybridized carbons (Fsp3) is 0.250. The predicted octanol–water partition coefficient (Wildman–Crippen LogP) is 14.7. The number of hydrogen-bond acceptors (Lipinski definition) is 9. The molecule has 9 aromatic carbocycles. The minimum atomic E-state index is -1.12. The molecule has 408 valence electrons. The van der Waals surface area contributed by atoms with E-state index in [1.807, 2.05) is 24.3 Å². The molecule has 0 amide bonds. The van der Waals surface area contributed by atoms with Gasteiger partial charge in [-0.05, 0) is 108 Å². The smallest absolute Gasteiger partial charge is 0.178 e. The summed E-state index contributed by atoms with van der Waals surface area (Å²) in [6, 6.07) is 59.5. The van der Waals surface area contributed by atoms with Gasteiger partial charge in [-0.25, -0.2) is 0 Å². The largest absolute Gasteiger partial charge is 0.497 e. The number of ether oxygens (including phenoxy) is 6. The zero-order valence-electron chi connectivity index (χ0n) is 46.8. The molecule has 4 aliphatic heterocycles. The summed E-state index contributed by atoms with van der Waals surface area (Å²) < 4.78 is 36.7. The van der Waals surface area contributed by atoms with Crippen LogP contribution in [-0.4, -0.2) is 71.9 Å². The van der Waals surface area contributed by atoms with Crippen LogP contribution < -0.4 is 28.7 Å². The van der Waals surface area contributed by atoms with Crippen molar-refractivity contribution in [3.05, 3.63) is 238 Å². The second kappa shape index (κ2) is 21.3. The quantitative estimate of drug-likeness (QED) is 0.144. The minimum absolute atomic E-state index is 0.621. The molecule has 2 fully saturated rings. The van der Waals surface area contributed by atoms with Crippen molar-refractivity contribution in [1.82, 2.24) is 0 Å². The van der Waals surface area contributed by atoms with Gasteiger partial charge in [0, 0.05) is 93.3 Å². The number of morpholine rings is 2. The Hall–Kier alpha value is -8.34. The summed E-state index contributed by atoms with van der Waals surface area (Å²) in [6.45, 7) is 13.0. The van der Waals surface area contributed by atoms with E-state index in [0.29, 0.717) is 6.42 Å². The molecule has 81 heavy (non-hydrogen) atoms. The number of aliphatic hydroxyl groups is 1. The highest BCUT2D eigenvalue weighted by Gasteiger charge is 2.47. The summed E-state index contributed by atoms with van der Waals surface area (Å²) in [4.78, 5) is 4.81. The number of fused-ring (bicyclic) bond motifs is 11. The highest BCUT2D eigenvalue weighted by molar-refractivity contribution is 6.09. The van der Waals surface area contributed by atoms with Gasteiger partial charge < -0.3 is 43.3 Å². The SMILES string of the molecule is C1=CC(c2ccccc2)(c2ccc(N3CCOCC3)cc2)Oc2cc(N3CCOCC3)c3ccccc3c21.CCCC1(O)c2cc(C)ccc2-c2c1c1c(c3cc(C)ccc23)OC(c2ccc(OC)cc2)(c2ccc(OC)cc2)C=C1. The van der Waals surface area contributed by atoms with Crippen molar-refractivity contribution in [2.75, 3.05) is 76.6 Å². The fourth-order valence-corrected chi connectivity index (χ4v) is 13.1. The lowest BCUT2D eigenvalue weighted by molar-refractivity contribution is 0.0737. The van der Waals surface area contributed by atoms with Crippen LogP contribution in [0.15, 0.2) is 182 Å². The van der Waals surface area contributed by atoms with E-state index in [1.54, 1.807) is 14.2 Å². The van der Waals surface area contributed by atoms with E-state index in [1.165, 1.54) is 22.1 Å². The van der Waals surface area contributed by atoms with E-state index in [-0.39, 0.29) is 0 Å². The Morgan fingerprint density at radius 1 is 0.519 bits per heavy atom. The Bertz CT molecular complexity index is 3810. The highest BCUT2D eigenvalue weighted by atomic mass is 16.5. The van der Waals surface area contributed by atoms with Crippen molar-refractivity contribution in [1.29, 1.82) is 0 Å². The molecule has 2 unspecified atom stereocenters. The van der Waals surface area contributed by atoms with Gasteiger partial charge in [-0.1, -0.05) is 152 Å². The van der Waals surface area contributed by atoms with Crippen molar-refractivity contribution >= 4 is 45.1 Å². The number of aryl methyl sites for hydroxylation is 2. The Balaban J connectivity index is 0.000000154. The summed E-state index contributed by atoms with van der Waals surface area (Å²) in [5, 5.41) is 17.2. The molecule has 9 aromatic rings. The van der Waals surface area contributed by atoms with Crippen molar-refractivity contribution in [2.24, 2.45) is 0 Å². The van der Waals surface area contributed by atoms with Crippen molar-refractivity contribution < 1.29 is 33.5 Å². The van der Waals surface area contributed by atoms with Gasteiger partial charge >= 0.3 is 0 Å². The summed E-state index contributed by atoms with van der Waals surface area (Å²) in [6.07, 6.45) is 10.3. The van der Waals surface area contributed by atoms with E-state index in [0.717, 1.165) is 160 Å². The molecule has 4 heterocycles. The number of anilines is 2. The Kier molecular flexibility index (Phi) is 13.7. The first kappa shape index (κ1) is 52.1. The highest BCUT2D eigenvalue weighted by Crippen LogP contribution is 2.59. The van der Waals surface area contributed by atoms with E-state index in [9.17, 15) is 5.11 Å². The molecule has 0 radical (unpaired) electrons. The normalized spacial score (nSPS) is 19.3. The number of nitrogens with zero attached hydrogens (tertiary/aromatic N) is 2. The molecule has 0 spiro atoms. The van der Waals surface area contributed by atoms with Crippen LogP contribution in [-0.2, 0) is 26.3 Å². The second-order valence-electron chi connectivity index (χ2n) is 22.0. The van der Waals surface area contributed by atoms with Crippen LogP contribution in [0.1, 0.15) is 75.4 Å². The first-order chi connectivity index (χ1) is 39.6. The van der Waals surface area contributed by atoms with Gasteiger partial charge in [0.1, 0.15) is 28.6 Å². The van der Waals surface area contributed by atoms with Gasteiger partial charge in [-0.15, -0.1) is 0 Å². The molecule has 0 aromatic heterocycles. The van der Waals surface area contributed by atoms with E-state index < -0.39 is 16.8 Å². The Labute approximate surface area is 475 Å². The zero-order valence-corrected chi connectivity index (χ0v) is 46.8. The van der Waals surface area contributed by atoms with Crippen molar-refractivity contribution in [2.45, 2.75) is 50.4 Å². The molecule has 5 aliphatic rings. The van der Waals surface area contributed by atoms with Crippen LogP contribution in [0.3, 0.4) is 0 Å². The predicted molar refractivity (Wildman–Crippen MR) is 327 cm³/mol. The summed E-state index contributed by atoms with van der Waals surface area (Å²) in [5.74, 6) is 3.26. The zero-order chi connectivity index (χ0) is 55.3. The number of rotatable bonds is 10. The Morgan fingerprint density at radius 2 is 1.06 bits per heavy atom. The first-order valence-electron chi connectivity index (χ1n) is 28.5. The lowest BCUT2D eigenvalue weighted by atomic mass is 9.79. The maximum atomic E-state index is 12.7. The van der Waals surface area contributed by atoms with Gasteiger partial charge in [0.15, 0.2) is 11.2 Å². The molecular formula is C72H68N2O7. The molecule has 2 saturated heterocycles. The number of hydrogen-bond donors (Lipinski definition) is 1. The van der Waals surface area contributed by atoms with Crippen molar-refractivity contribution in [3.8, 4) is 34.1 Å². The van der Waals surface area contributed by atoms with Crippen LogP contribution in [0, 0.1) is 13.8 Å². The lowest BCUT2D eigenvalue weighted by Crippen LogP contribution is -2.37. The summed E-state index contributed by atoms with van der Waals surface area (Å²) in [7, 11) is 3.35. The fourth-order valence-electron chi connectivity index (χ4n) is 13.1. The van der Waals surface area contributed by atoms with Crippen LogP contribution in [0.25, 0.3) is 44.8 Å². The second-order valence-corrected chi connectivity index (χ2v) is 22.0. The van der Waals surface area contributed by atoms with Gasteiger partial charge in [0.05, 0.1) is 40.6 Å². The molecule has 0 saturated carbocycles. The molecule has 0 bridgehead atoms. The van der Waals surface area contributed by atoms with E-state index >= 15 is 0 Å². The maximum absolute atomic E-state index is 12.7. The standard InChI is InChI=1S/C39H36O4.C33H32N2O3/c1-6-20-38(40)34-23-25(3)8-18-31(34)35-30-17-7-24(2)22-33(30)37-32(36(35)38)19-21-39(43-37,26-9-13-28(41-4)14-10-26)27-11-15-29(42-5)16-12-27;1-2-6-25(7-3-1)33(26-10-12-27(13-11-26)34-16-20-36-21-17-34)15-14-30-28-8-4-5-9-29(28)31(24-32(30)38-33)35-18-22-37-23-19-35/h7-19,21-23,40H,6,20H2,1-5H3;1-15,24H,16-23H2.